The summed E-state index contributed by atoms with van der Waals surface area (Å²) in [5.74, 6) is 0.695. The highest BCUT2D eigenvalue weighted by Crippen LogP contribution is 2.08. The zero-order chi connectivity index (χ0) is 17.5. The summed E-state index contributed by atoms with van der Waals surface area (Å²) in [7, 11) is 0. The van der Waals surface area contributed by atoms with Gasteiger partial charge >= 0.3 is 0 Å². The molecule has 3 rings (SSSR count). The van der Waals surface area contributed by atoms with Crippen LogP contribution in [0.2, 0.25) is 0 Å². The van der Waals surface area contributed by atoms with E-state index in [1.165, 1.54) is 6.07 Å². The second kappa shape index (κ2) is 8.05. The Bertz CT molecular complexity index is 819. The molecule has 0 aliphatic carbocycles. The van der Waals surface area contributed by atoms with E-state index in [0.29, 0.717) is 30.9 Å². The topological polar surface area (TPSA) is 80.0 Å². The summed E-state index contributed by atoms with van der Waals surface area (Å²) < 4.78 is 18.7. The highest BCUT2D eigenvalue weighted by molar-refractivity contribution is 5.92. The predicted octanol–water partition coefficient (Wildman–Crippen LogP) is 2.79. The third-order valence-electron chi connectivity index (χ3n) is 3.56. The maximum absolute atomic E-state index is 13.5. The number of aromatic nitrogens is 2. The Morgan fingerprint density at radius 2 is 1.96 bits per heavy atom. The van der Waals surface area contributed by atoms with Crippen molar-refractivity contribution >= 4 is 11.7 Å². The van der Waals surface area contributed by atoms with Crippen LogP contribution >= 0.6 is 0 Å². The Morgan fingerprint density at radius 3 is 2.68 bits per heavy atom. The normalized spacial score (nSPS) is 10.4. The molecule has 0 bridgehead atoms. The van der Waals surface area contributed by atoms with Crippen LogP contribution < -0.4 is 10.6 Å². The number of benzene rings is 1. The molecule has 0 saturated carbocycles. The van der Waals surface area contributed by atoms with E-state index in [4.69, 9.17) is 4.42 Å². The lowest BCUT2D eigenvalue weighted by molar-refractivity contribution is 0.0948. The highest BCUT2D eigenvalue weighted by atomic mass is 19.1. The molecule has 2 aromatic heterocycles. The van der Waals surface area contributed by atoms with E-state index < -0.39 is 0 Å². The fourth-order valence-corrected chi connectivity index (χ4v) is 2.24. The van der Waals surface area contributed by atoms with E-state index in [9.17, 15) is 9.18 Å². The Balaban J connectivity index is 1.48. The number of carbonyl (C=O) groups excluding carboxylic acids is 1. The number of nitrogens with one attached hydrogen (secondary N) is 2. The van der Waals surface area contributed by atoms with E-state index in [1.807, 2.05) is 6.07 Å². The molecule has 128 valence electrons. The van der Waals surface area contributed by atoms with Crippen molar-refractivity contribution in [3.05, 3.63) is 77.6 Å². The number of furan rings is 1. The first-order chi connectivity index (χ1) is 12.2. The van der Waals surface area contributed by atoms with Crippen LogP contribution in [-0.4, -0.2) is 22.6 Å². The monoisotopic (exact) mass is 340 g/mol. The van der Waals surface area contributed by atoms with Crippen LogP contribution in [0.3, 0.4) is 0 Å². The summed E-state index contributed by atoms with van der Waals surface area (Å²) in [6.07, 6.45) is 2.01. The molecule has 3 aromatic rings. The van der Waals surface area contributed by atoms with Crippen LogP contribution in [0.5, 0.6) is 0 Å². The number of rotatable bonds is 7. The van der Waals surface area contributed by atoms with Crippen molar-refractivity contribution < 1.29 is 13.6 Å². The minimum atomic E-state index is -0.346. The summed E-state index contributed by atoms with van der Waals surface area (Å²) in [6.45, 7) is 0.801. The molecule has 0 fully saturated rings. The quantitative estimate of drug-likeness (QED) is 0.691. The van der Waals surface area contributed by atoms with Crippen molar-refractivity contribution in [3.8, 4) is 0 Å². The van der Waals surface area contributed by atoms with Crippen LogP contribution in [0.1, 0.15) is 21.8 Å². The van der Waals surface area contributed by atoms with E-state index in [1.54, 1.807) is 42.7 Å². The smallest absolute Gasteiger partial charge is 0.271 e. The lowest BCUT2D eigenvalue weighted by atomic mass is 10.1. The fourth-order valence-electron chi connectivity index (χ4n) is 2.24. The number of anilines is 1. The van der Waals surface area contributed by atoms with Crippen LogP contribution in [0.15, 0.2) is 59.2 Å². The average Bonchev–Trinajstić information content (AvgIpc) is 3.15. The molecule has 2 N–H and O–H groups in total. The van der Waals surface area contributed by atoms with Gasteiger partial charge in [-0.15, -0.1) is 10.2 Å². The van der Waals surface area contributed by atoms with Crippen LogP contribution in [0, 0.1) is 5.82 Å². The number of amides is 1. The number of nitrogens with zero attached hydrogens (tertiary/aromatic N) is 2. The standard InChI is InChI=1S/C18H17FN4O2/c19-15-6-2-1-4-13(15)9-10-20-18(24)16-7-8-17(23-22-16)21-12-14-5-3-11-25-14/h1-8,11H,9-10,12H2,(H,20,24)(H,21,23). The van der Waals surface area contributed by atoms with E-state index in [-0.39, 0.29) is 17.4 Å². The molecule has 1 aromatic carbocycles. The van der Waals surface area contributed by atoms with Crippen molar-refractivity contribution in [1.29, 1.82) is 0 Å². The maximum Gasteiger partial charge on any atom is 0.271 e. The third-order valence-corrected chi connectivity index (χ3v) is 3.56. The Hall–Kier alpha value is -3.22. The third kappa shape index (κ3) is 4.63. The SMILES string of the molecule is O=C(NCCc1ccccc1F)c1ccc(NCc2ccco2)nn1. The number of hydrogen-bond acceptors (Lipinski definition) is 5. The Morgan fingerprint density at radius 1 is 1.08 bits per heavy atom. The molecule has 0 spiro atoms. The van der Waals surface area contributed by atoms with Gasteiger partial charge in [-0.25, -0.2) is 4.39 Å². The van der Waals surface area contributed by atoms with Crippen molar-refractivity contribution in [1.82, 2.24) is 15.5 Å². The number of hydrogen-bond donors (Lipinski definition) is 2. The van der Waals surface area contributed by atoms with Gasteiger partial charge in [0.25, 0.3) is 5.91 Å². The summed E-state index contributed by atoms with van der Waals surface area (Å²) in [5.41, 5.74) is 0.767. The summed E-state index contributed by atoms with van der Waals surface area (Å²) >= 11 is 0. The number of carbonyl (C=O) groups is 1. The molecule has 0 atom stereocenters. The van der Waals surface area contributed by atoms with Gasteiger partial charge < -0.3 is 15.1 Å². The molecule has 7 heteroatoms. The van der Waals surface area contributed by atoms with Crippen LogP contribution in [0.4, 0.5) is 10.2 Å². The van der Waals surface area contributed by atoms with Crippen molar-refractivity contribution in [2.75, 3.05) is 11.9 Å². The molecular weight excluding hydrogens is 323 g/mol. The largest absolute Gasteiger partial charge is 0.467 e. The molecule has 2 heterocycles. The molecule has 0 aliphatic rings. The molecule has 6 nitrogen and oxygen atoms in total. The van der Waals surface area contributed by atoms with Gasteiger partial charge in [0.1, 0.15) is 17.4 Å². The summed E-state index contributed by atoms with van der Waals surface area (Å²) in [5, 5.41) is 13.6. The van der Waals surface area contributed by atoms with Gasteiger partial charge in [0.2, 0.25) is 0 Å². The van der Waals surface area contributed by atoms with Gasteiger partial charge in [-0.05, 0) is 42.3 Å². The molecule has 0 aliphatic heterocycles. The van der Waals surface area contributed by atoms with Crippen LogP contribution in [0.25, 0.3) is 0 Å². The van der Waals surface area contributed by atoms with Gasteiger partial charge in [-0.3, -0.25) is 4.79 Å². The molecule has 0 unspecified atom stereocenters. The minimum absolute atomic E-state index is 0.206. The van der Waals surface area contributed by atoms with Crippen molar-refractivity contribution in [2.24, 2.45) is 0 Å². The lowest BCUT2D eigenvalue weighted by Crippen LogP contribution is -2.27. The second-order valence-corrected chi connectivity index (χ2v) is 5.33. The van der Waals surface area contributed by atoms with Gasteiger partial charge in [0.15, 0.2) is 5.69 Å². The van der Waals surface area contributed by atoms with Crippen molar-refractivity contribution in [2.45, 2.75) is 13.0 Å². The summed E-state index contributed by atoms with van der Waals surface area (Å²) in [4.78, 5) is 12.0. The van der Waals surface area contributed by atoms with Gasteiger partial charge in [-0.1, -0.05) is 18.2 Å². The van der Waals surface area contributed by atoms with Crippen LogP contribution in [-0.2, 0) is 13.0 Å². The molecule has 1 amide bonds. The zero-order valence-electron chi connectivity index (χ0n) is 13.4. The highest BCUT2D eigenvalue weighted by Gasteiger charge is 2.08. The average molecular weight is 340 g/mol. The molecule has 0 saturated heterocycles. The Kier molecular flexibility index (Phi) is 5.36. The van der Waals surface area contributed by atoms with E-state index in [2.05, 4.69) is 20.8 Å². The first-order valence-corrected chi connectivity index (χ1v) is 7.84. The van der Waals surface area contributed by atoms with E-state index in [0.717, 1.165) is 5.76 Å². The minimum Gasteiger partial charge on any atom is -0.467 e. The van der Waals surface area contributed by atoms with Gasteiger partial charge in [0, 0.05) is 6.54 Å². The molecule has 25 heavy (non-hydrogen) atoms. The molecular formula is C18H17FN4O2. The second-order valence-electron chi connectivity index (χ2n) is 5.33. The zero-order valence-corrected chi connectivity index (χ0v) is 13.4. The van der Waals surface area contributed by atoms with Crippen molar-refractivity contribution in [3.63, 3.8) is 0 Å². The van der Waals surface area contributed by atoms with E-state index >= 15 is 0 Å². The summed E-state index contributed by atoms with van der Waals surface area (Å²) in [6, 6.07) is 13.4. The Labute approximate surface area is 144 Å². The fraction of sp³-hybridized carbons (Fsp3) is 0.167. The first kappa shape index (κ1) is 16.6. The van der Waals surface area contributed by atoms with Gasteiger partial charge in [0.05, 0.1) is 12.8 Å². The first-order valence-electron chi connectivity index (χ1n) is 7.84. The maximum atomic E-state index is 13.5. The predicted molar refractivity (Wildman–Crippen MR) is 90.5 cm³/mol. The number of halogens is 1. The van der Waals surface area contributed by atoms with Gasteiger partial charge in [-0.2, -0.15) is 0 Å². The lowest BCUT2D eigenvalue weighted by Gasteiger charge is -2.06. The molecule has 0 radical (unpaired) electrons.